The molecule has 5 heteroatoms. The highest BCUT2D eigenvalue weighted by atomic mass is 16.2. The van der Waals surface area contributed by atoms with E-state index in [4.69, 9.17) is 5.73 Å². The number of rotatable bonds is 3. The molecule has 0 radical (unpaired) electrons. The third kappa shape index (κ3) is 2.61. The monoisotopic (exact) mass is 248 g/mol. The first-order valence-corrected chi connectivity index (χ1v) is 6.39. The average molecular weight is 248 g/mol. The third-order valence-electron chi connectivity index (χ3n) is 3.40. The maximum atomic E-state index is 11.9. The second kappa shape index (κ2) is 5.82. The van der Waals surface area contributed by atoms with Crippen molar-refractivity contribution in [3.05, 3.63) is 24.0 Å². The molecule has 1 amide bonds. The Balaban J connectivity index is 2.19. The van der Waals surface area contributed by atoms with Crippen LogP contribution < -0.4 is 16.0 Å². The molecule has 1 saturated heterocycles. The molecular weight excluding hydrogens is 228 g/mol. The summed E-state index contributed by atoms with van der Waals surface area (Å²) in [6, 6.07) is 3.84. The van der Waals surface area contributed by atoms with Gasteiger partial charge in [0.15, 0.2) is 0 Å². The molecule has 1 unspecified atom stereocenters. The summed E-state index contributed by atoms with van der Waals surface area (Å²) < 4.78 is 0. The van der Waals surface area contributed by atoms with Gasteiger partial charge in [0.2, 0.25) is 5.91 Å². The van der Waals surface area contributed by atoms with Gasteiger partial charge in [0.25, 0.3) is 0 Å². The number of aromatic nitrogens is 1. The van der Waals surface area contributed by atoms with Crippen LogP contribution in [0.3, 0.4) is 0 Å². The summed E-state index contributed by atoms with van der Waals surface area (Å²) in [4.78, 5) is 18.3. The fourth-order valence-corrected chi connectivity index (χ4v) is 2.39. The van der Waals surface area contributed by atoms with Crippen LogP contribution in [0.4, 0.5) is 5.69 Å². The number of hydrogen-bond donors (Lipinski definition) is 2. The van der Waals surface area contributed by atoms with E-state index in [9.17, 15) is 4.79 Å². The normalized spacial score (nSPS) is 19.7. The fraction of sp³-hybridized carbons (Fsp3) is 0.538. The largest absolute Gasteiger partial charge is 0.358 e. The minimum atomic E-state index is -0.0747. The number of likely N-dealkylation sites (N-methyl/N-ethyl adjacent to an activating group) is 1. The minimum absolute atomic E-state index is 0.0747. The molecule has 18 heavy (non-hydrogen) atoms. The van der Waals surface area contributed by atoms with E-state index < -0.39 is 0 Å². The summed E-state index contributed by atoms with van der Waals surface area (Å²) in [5, 5.41) is 2.74. The molecule has 2 heterocycles. The first kappa shape index (κ1) is 12.8. The van der Waals surface area contributed by atoms with Gasteiger partial charge in [0, 0.05) is 20.1 Å². The Bertz CT molecular complexity index is 404. The third-order valence-corrected chi connectivity index (χ3v) is 3.40. The average Bonchev–Trinajstić information content (AvgIpc) is 2.46. The molecule has 0 saturated carbocycles. The highest BCUT2D eigenvalue weighted by molar-refractivity contribution is 5.85. The topological polar surface area (TPSA) is 71.2 Å². The van der Waals surface area contributed by atoms with Gasteiger partial charge in [-0.1, -0.05) is 0 Å². The molecule has 2 rings (SSSR count). The van der Waals surface area contributed by atoms with E-state index in [-0.39, 0.29) is 11.9 Å². The van der Waals surface area contributed by atoms with Crippen molar-refractivity contribution in [2.45, 2.75) is 31.8 Å². The van der Waals surface area contributed by atoms with Gasteiger partial charge >= 0.3 is 0 Å². The SMILES string of the molecule is CNC(=O)C1CCCCN1c1ccc(CN)nc1. The molecule has 1 aliphatic heterocycles. The maximum Gasteiger partial charge on any atom is 0.242 e. The van der Waals surface area contributed by atoms with Crippen molar-refractivity contribution in [3.63, 3.8) is 0 Å². The quantitative estimate of drug-likeness (QED) is 0.823. The molecule has 1 aromatic heterocycles. The van der Waals surface area contributed by atoms with Crippen molar-refractivity contribution in [2.75, 3.05) is 18.5 Å². The van der Waals surface area contributed by atoms with Crippen molar-refractivity contribution < 1.29 is 4.79 Å². The molecule has 1 fully saturated rings. The van der Waals surface area contributed by atoms with Crippen LogP contribution in [0.1, 0.15) is 25.0 Å². The molecule has 0 spiro atoms. The number of hydrogen-bond acceptors (Lipinski definition) is 4. The van der Waals surface area contributed by atoms with Crippen molar-refractivity contribution in [3.8, 4) is 0 Å². The predicted molar refractivity (Wildman–Crippen MR) is 71.2 cm³/mol. The van der Waals surface area contributed by atoms with Crippen LogP contribution in [0, 0.1) is 0 Å². The number of piperidine rings is 1. The molecule has 1 aliphatic rings. The lowest BCUT2D eigenvalue weighted by atomic mass is 10.0. The van der Waals surface area contributed by atoms with Gasteiger partial charge in [-0.3, -0.25) is 9.78 Å². The molecule has 5 nitrogen and oxygen atoms in total. The van der Waals surface area contributed by atoms with Crippen LogP contribution in [-0.2, 0) is 11.3 Å². The summed E-state index contributed by atoms with van der Waals surface area (Å²) in [7, 11) is 1.69. The van der Waals surface area contributed by atoms with Crippen molar-refractivity contribution in [1.82, 2.24) is 10.3 Å². The van der Waals surface area contributed by atoms with Crippen molar-refractivity contribution >= 4 is 11.6 Å². The Morgan fingerprint density at radius 3 is 3.00 bits per heavy atom. The number of amides is 1. The molecule has 1 atom stereocenters. The van der Waals surface area contributed by atoms with Gasteiger partial charge in [-0.15, -0.1) is 0 Å². The smallest absolute Gasteiger partial charge is 0.242 e. The maximum absolute atomic E-state index is 11.9. The second-order valence-electron chi connectivity index (χ2n) is 4.53. The molecule has 0 bridgehead atoms. The molecule has 3 N–H and O–H groups in total. The molecule has 1 aromatic rings. The van der Waals surface area contributed by atoms with Gasteiger partial charge < -0.3 is 16.0 Å². The van der Waals surface area contributed by atoms with Crippen LogP contribution in [-0.4, -0.2) is 30.5 Å². The second-order valence-corrected chi connectivity index (χ2v) is 4.53. The highest BCUT2D eigenvalue weighted by Gasteiger charge is 2.28. The molecule has 0 aliphatic carbocycles. The summed E-state index contributed by atoms with van der Waals surface area (Å²) in [6.45, 7) is 1.35. The Hall–Kier alpha value is -1.62. The number of pyridine rings is 1. The number of nitrogens with zero attached hydrogens (tertiary/aromatic N) is 2. The van der Waals surface area contributed by atoms with Crippen LogP contribution in [0.15, 0.2) is 18.3 Å². The standard InChI is InChI=1S/C13H20N4O/c1-15-13(18)12-4-2-3-7-17(12)11-6-5-10(8-14)16-9-11/h5-6,9,12H,2-4,7-8,14H2,1H3,(H,15,18). The summed E-state index contributed by atoms with van der Waals surface area (Å²) in [6.07, 6.45) is 4.93. The fourth-order valence-electron chi connectivity index (χ4n) is 2.39. The molecular formula is C13H20N4O. The van der Waals surface area contributed by atoms with E-state index in [1.807, 2.05) is 18.3 Å². The van der Waals surface area contributed by atoms with Crippen LogP contribution in [0.25, 0.3) is 0 Å². The van der Waals surface area contributed by atoms with Crippen molar-refractivity contribution in [1.29, 1.82) is 0 Å². The number of nitrogens with two attached hydrogens (primary N) is 1. The van der Waals surface area contributed by atoms with E-state index in [2.05, 4.69) is 15.2 Å². The van der Waals surface area contributed by atoms with Gasteiger partial charge in [0.05, 0.1) is 17.6 Å². The number of carbonyl (C=O) groups is 1. The van der Waals surface area contributed by atoms with E-state index >= 15 is 0 Å². The van der Waals surface area contributed by atoms with Crippen LogP contribution in [0.2, 0.25) is 0 Å². The lowest BCUT2D eigenvalue weighted by Crippen LogP contribution is -2.48. The first-order chi connectivity index (χ1) is 8.76. The molecule has 98 valence electrons. The van der Waals surface area contributed by atoms with E-state index in [0.29, 0.717) is 6.54 Å². The zero-order valence-corrected chi connectivity index (χ0v) is 10.7. The molecule has 0 aromatic carbocycles. The Kier molecular flexibility index (Phi) is 4.15. The van der Waals surface area contributed by atoms with Crippen LogP contribution in [0.5, 0.6) is 0 Å². The highest BCUT2D eigenvalue weighted by Crippen LogP contribution is 2.24. The summed E-state index contributed by atoms with van der Waals surface area (Å²) in [5.74, 6) is 0.0811. The lowest BCUT2D eigenvalue weighted by Gasteiger charge is -2.36. The Labute approximate surface area is 107 Å². The van der Waals surface area contributed by atoms with E-state index in [0.717, 1.165) is 37.2 Å². The zero-order chi connectivity index (χ0) is 13.0. The Morgan fingerprint density at radius 1 is 1.56 bits per heavy atom. The Morgan fingerprint density at radius 2 is 2.39 bits per heavy atom. The minimum Gasteiger partial charge on any atom is -0.358 e. The van der Waals surface area contributed by atoms with Crippen molar-refractivity contribution in [2.24, 2.45) is 5.73 Å². The lowest BCUT2D eigenvalue weighted by molar-refractivity contribution is -0.122. The van der Waals surface area contributed by atoms with E-state index in [1.54, 1.807) is 7.05 Å². The van der Waals surface area contributed by atoms with Crippen LogP contribution >= 0.6 is 0 Å². The first-order valence-electron chi connectivity index (χ1n) is 6.39. The number of nitrogens with one attached hydrogen (secondary N) is 1. The van der Waals surface area contributed by atoms with E-state index in [1.165, 1.54) is 0 Å². The summed E-state index contributed by atoms with van der Waals surface area (Å²) in [5.41, 5.74) is 7.40. The number of anilines is 1. The van der Waals surface area contributed by atoms with Gasteiger partial charge in [-0.2, -0.15) is 0 Å². The van der Waals surface area contributed by atoms with Gasteiger partial charge in [-0.05, 0) is 31.4 Å². The van der Waals surface area contributed by atoms with Gasteiger partial charge in [0.1, 0.15) is 6.04 Å². The van der Waals surface area contributed by atoms with Gasteiger partial charge in [-0.25, -0.2) is 0 Å². The number of carbonyl (C=O) groups excluding carboxylic acids is 1. The summed E-state index contributed by atoms with van der Waals surface area (Å²) >= 11 is 0. The zero-order valence-electron chi connectivity index (χ0n) is 10.7. The predicted octanol–water partition coefficient (Wildman–Crippen LogP) is 0.645.